The van der Waals surface area contributed by atoms with Crippen molar-refractivity contribution in [1.29, 1.82) is 0 Å². The highest BCUT2D eigenvalue weighted by Gasteiger charge is 2.55. The molecule has 1 fully saturated rings. The molecule has 2 aromatic rings. The van der Waals surface area contributed by atoms with E-state index in [1.54, 1.807) is 6.92 Å². The Kier molecular flexibility index (Phi) is 6.64. The fraction of sp³-hybridized carbons (Fsp3) is 0.353. The zero-order valence-electron chi connectivity index (χ0n) is 17.7. The fourth-order valence-corrected chi connectivity index (χ4v) is 5.77. The number of β-lactam (4-membered cyclic amide) rings is 1. The van der Waals surface area contributed by atoms with Crippen molar-refractivity contribution in [2.75, 3.05) is 18.6 Å². The van der Waals surface area contributed by atoms with Crippen molar-refractivity contribution in [2.45, 2.75) is 28.7 Å². The van der Waals surface area contributed by atoms with Crippen LogP contribution in [0.1, 0.15) is 12.7 Å². The van der Waals surface area contributed by atoms with Gasteiger partial charge in [0.2, 0.25) is 10.9 Å². The molecule has 2 aliphatic heterocycles. The van der Waals surface area contributed by atoms with Crippen LogP contribution in [0.4, 0.5) is 5.82 Å². The lowest BCUT2D eigenvalue weighted by Gasteiger charge is -2.49. The minimum absolute atomic E-state index is 0.0833. The van der Waals surface area contributed by atoms with Gasteiger partial charge < -0.3 is 21.0 Å². The summed E-state index contributed by atoms with van der Waals surface area (Å²) >= 11 is 2.54. The number of aromatic amines is 1. The van der Waals surface area contributed by atoms with E-state index < -0.39 is 29.2 Å². The van der Waals surface area contributed by atoms with E-state index in [2.05, 4.69) is 41.1 Å². The van der Waals surface area contributed by atoms with Gasteiger partial charge in [-0.2, -0.15) is 5.21 Å². The number of nitrogens with one attached hydrogen (secondary N) is 2. The summed E-state index contributed by atoms with van der Waals surface area (Å²) in [5.41, 5.74) is 5.79. The van der Waals surface area contributed by atoms with Crippen LogP contribution in [0.5, 0.6) is 0 Å². The summed E-state index contributed by atoms with van der Waals surface area (Å²) in [4.78, 5) is 51.7. The van der Waals surface area contributed by atoms with Gasteiger partial charge in [-0.15, -0.1) is 22.0 Å². The number of fused-ring (bicyclic) bond motifs is 1. The maximum Gasteiger partial charge on any atom is 0.352 e. The number of nitrogen functional groups attached to an aromatic ring is 1. The quantitative estimate of drug-likeness (QED) is 0.144. The molecule has 0 aliphatic carbocycles. The smallest absolute Gasteiger partial charge is 0.352 e. The molecule has 2 aromatic heterocycles. The summed E-state index contributed by atoms with van der Waals surface area (Å²) in [5, 5.41) is 29.0. The molecule has 178 valence electrons. The van der Waals surface area contributed by atoms with E-state index in [9.17, 15) is 19.5 Å². The number of tetrazole rings is 1. The van der Waals surface area contributed by atoms with Crippen LogP contribution in [0, 0.1) is 0 Å². The summed E-state index contributed by atoms with van der Waals surface area (Å²) in [7, 11) is 1.24. The first-order valence-electron chi connectivity index (χ1n) is 9.63. The van der Waals surface area contributed by atoms with Crippen LogP contribution in [0.3, 0.4) is 0 Å². The average molecular weight is 507 g/mol. The number of carboxylic acids is 1. The van der Waals surface area contributed by atoms with Crippen LogP contribution in [-0.2, 0) is 19.2 Å². The Hall–Kier alpha value is -3.73. The third-order valence-corrected chi connectivity index (χ3v) is 7.20. The molecule has 4 heterocycles. The van der Waals surface area contributed by atoms with Gasteiger partial charge in [0, 0.05) is 17.2 Å². The number of thioether (sulfide) groups is 2. The molecule has 0 saturated carbocycles. The van der Waals surface area contributed by atoms with E-state index in [1.807, 2.05) is 0 Å². The number of amides is 2. The van der Waals surface area contributed by atoms with Crippen molar-refractivity contribution >= 4 is 52.8 Å². The first-order chi connectivity index (χ1) is 16.3. The lowest BCUT2D eigenvalue weighted by molar-refractivity contribution is -0.150. The number of aliphatic carboxylic acids is 1. The predicted octanol–water partition coefficient (Wildman–Crippen LogP) is -1.16. The maximum absolute atomic E-state index is 12.9. The number of carbonyl (C=O) groups excluding carboxylic acids is 2. The molecule has 17 heteroatoms. The first-order valence-corrected chi connectivity index (χ1v) is 11.6. The van der Waals surface area contributed by atoms with Crippen molar-refractivity contribution < 1.29 is 24.3 Å². The lowest BCUT2D eigenvalue weighted by atomic mass is 10.0. The lowest BCUT2D eigenvalue weighted by Crippen LogP contribution is -2.71. The van der Waals surface area contributed by atoms with E-state index in [1.165, 1.54) is 47.8 Å². The molecule has 2 unspecified atom stereocenters. The number of carbonyl (C=O) groups is 3. The number of oxime groups is 1. The molecule has 2 amide bonds. The second kappa shape index (κ2) is 9.64. The Morgan fingerprint density at radius 3 is 2.94 bits per heavy atom. The van der Waals surface area contributed by atoms with Crippen molar-refractivity contribution in [3.05, 3.63) is 29.4 Å². The van der Waals surface area contributed by atoms with Crippen LogP contribution in [-0.4, -0.2) is 93.6 Å². The third-order valence-electron chi connectivity index (χ3n) is 4.87. The van der Waals surface area contributed by atoms with Gasteiger partial charge in [0.05, 0.1) is 0 Å². The van der Waals surface area contributed by atoms with E-state index in [0.29, 0.717) is 16.5 Å². The number of nitrogens with two attached hydrogens (primary N) is 1. The predicted molar refractivity (Wildman–Crippen MR) is 119 cm³/mol. The minimum atomic E-state index is -1.24. The summed E-state index contributed by atoms with van der Waals surface area (Å²) in [6.45, 7) is 1.79. The second-order valence-electron chi connectivity index (χ2n) is 6.92. The van der Waals surface area contributed by atoms with Crippen LogP contribution < -0.4 is 11.1 Å². The van der Waals surface area contributed by atoms with Crippen LogP contribution in [0.25, 0.3) is 0 Å². The summed E-state index contributed by atoms with van der Waals surface area (Å²) < 4.78 is 0. The Labute approximate surface area is 200 Å². The van der Waals surface area contributed by atoms with Gasteiger partial charge in [-0.1, -0.05) is 16.9 Å². The number of carboxylic acid groups (broad SMARTS) is 1. The highest BCUT2D eigenvalue weighted by molar-refractivity contribution is 8.01. The van der Waals surface area contributed by atoms with Gasteiger partial charge >= 0.3 is 5.97 Å². The standard InChI is InChI=1S/C17H18N10O5S2/c1-6(34-17-22-25-26-23-17)7-5-33-15-10(14(29)27(15)11(7)16(30)31)21-13(28)9(24-32-2)12-19-4-3-8(18)20-12/h3-4,6,10,15H,5H2,1-2H3,(H,21,28)(H,30,31)(H2,18,19,20)(H,22,23,25,26)/t6?,10?,15-/m1/s1. The highest BCUT2D eigenvalue weighted by atomic mass is 32.2. The number of aromatic nitrogens is 6. The van der Waals surface area contributed by atoms with E-state index in [0.717, 1.165) is 0 Å². The summed E-state index contributed by atoms with van der Waals surface area (Å²) in [5.74, 6) is -2.21. The molecule has 34 heavy (non-hydrogen) atoms. The molecule has 0 bridgehead atoms. The van der Waals surface area contributed by atoms with Gasteiger partial charge in [-0.3, -0.25) is 14.5 Å². The zero-order chi connectivity index (χ0) is 24.4. The number of rotatable bonds is 8. The molecule has 5 N–H and O–H groups in total. The number of H-pyrrole nitrogens is 1. The SMILES string of the molecule is CON=C(C(=O)NC1C(=O)N2C(C(=O)O)=C(C(C)Sc3nn[nH]n3)CS[C@H]12)c1nccc(N)n1. The molecule has 3 atom stereocenters. The van der Waals surface area contributed by atoms with Gasteiger partial charge in [-0.25, -0.2) is 14.8 Å². The van der Waals surface area contributed by atoms with Gasteiger partial charge in [-0.05, 0) is 23.8 Å². The van der Waals surface area contributed by atoms with Crippen LogP contribution >= 0.6 is 23.5 Å². The molecule has 0 aromatic carbocycles. The third kappa shape index (κ3) is 4.38. The number of hydrogen-bond donors (Lipinski definition) is 4. The van der Waals surface area contributed by atoms with Crippen LogP contribution in [0.15, 0.2) is 33.8 Å². The van der Waals surface area contributed by atoms with Gasteiger partial charge in [0.15, 0.2) is 5.82 Å². The van der Waals surface area contributed by atoms with Crippen molar-refractivity contribution in [1.82, 2.24) is 40.8 Å². The van der Waals surface area contributed by atoms with Crippen LogP contribution in [0.2, 0.25) is 0 Å². The second-order valence-corrected chi connectivity index (χ2v) is 9.33. The Morgan fingerprint density at radius 1 is 1.50 bits per heavy atom. The zero-order valence-corrected chi connectivity index (χ0v) is 19.3. The Bertz CT molecular complexity index is 1190. The monoisotopic (exact) mass is 506 g/mol. The molecular formula is C17H18N10O5S2. The largest absolute Gasteiger partial charge is 0.477 e. The fourth-order valence-electron chi connectivity index (χ4n) is 3.36. The average Bonchev–Trinajstić information content (AvgIpc) is 3.32. The van der Waals surface area contributed by atoms with E-state index in [4.69, 9.17) is 10.6 Å². The summed E-state index contributed by atoms with van der Waals surface area (Å²) in [6.07, 6.45) is 1.35. The highest BCUT2D eigenvalue weighted by Crippen LogP contribution is 2.43. The number of hydrogen-bond acceptors (Lipinski definition) is 13. The maximum atomic E-state index is 12.9. The molecule has 0 spiro atoms. The van der Waals surface area contributed by atoms with Crippen molar-refractivity contribution in [3.63, 3.8) is 0 Å². The molecular weight excluding hydrogens is 488 g/mol. The molecule has 2 aliphatic rings. The van der Waals surface area contributed by atoms with E-state index in [-0.39, 0.29) is 28.3 Å². The first kappa shape index (κ1) is 23.4. The number of anilines is 1. The Morgan fingerprint density at radius 2 is 2.29 bits per heavy atom. The normalized spacial score (nSPS) is 20.9. The topological polar surface area (TPSA) is 215 Å². The molecule has 1 saturated heterocycles. The van der Waals surface area contributed by atoms with Gasteiger partial charge in [0.25, 0.3) is 11.8 Å². The van der Waals surface area contributed by atoms with Gasteiger partial charge in [0.1, 0.15) is 30.0 Å². The number of nitrogens with zero attached hydrogens (tertiary/aromatic N) is 7. The van der Waals surface area contributed by atoms with E-state index >= 15 is 0 Å². The summed E-state index contributed by atoms with van der Waals surface area (Å²) in [6, 6.07) is 0.462. The molecule has 4 rings (SSSR count). The van der Waals surface area contributed by atoms with Crippen molar-refractivity contribution in [3.8, 4) is 0 Å². The molecule has 0 radical (unpaired) electrons. The minimum Gasteiger partial charge on any atom is -0.477 e. The Balaban J connectivity index is 1.53. The molecule has 15 nitrogen and oxygen atoms in total. The van der Waals surface area contributed by atoms with Crippen molar-refractivity contribution in [2.24, 2.45) is 5.16 Å².